The Labute approximate surface area is 68.3 Å². The van der Waals surface area contributed by atoms with Gasteiger partial charge >= 0.3 is 5.69 Å². The van der Waals surface area contributed by atoms with Crippen LogP contribution in [0.2, 0.25) is 5.15 Å². The lowest BCUT2D eigenvalue weighted by Gasteiger charge is -1.87. The standard InChI is InChI=1S/C6H6ClN2O2/c1-11-9(10)5-2-3-6(7)8-4-5/h2-4H,1H3/q+1. The highest BCUT2D eigenvalue weighted by Crippen LogP contribution is 2.11. The van der Waals surface area contributed by atoms with Gasteiger partial charge in [0.2, 0.25) is 0 Å². The quantitative estimate of drug-likeness (QED) is 0.505. The molecule has 0 aliphatic heterocycles. The minimum absolute atomic E-state index is 0.317. The van der Waals surface area contributed by atoms with Gasteiger partial charge in [-0.15, -0.1) is 0 Å². The van der Waals surface area contributed by atoms with Crippen molar-refractivity contribution in [2.45, 2.75) is 0 Å². The molecule has 58 valence electrons. The third kappa shape index (κ3) is 1.88. The number of rotatable bonds is 2. The molecule has 0 saturated carbocycles. The molecule has 1 heterocycles. The maximum Gasteiger partial charge on any atom is 0.334 e. The van der Waals surface area contributed by atoms with Crippen molar-refractivity contribution < 1.29 is 9.76 Å². The Morgan fingerprint density at radius 3 is 2.82 bits per heavy atom. The van der Waals surface area contributed by atoms with Gasteiger partial charge in [0, 0.05) is 6.07 Å². The van der Waals surface area contributed by atoms with Crippen molar-refractivity contribution in [2.24, 2.45) is 0 Å². The number of halogens is 1. The molecule has 0 aromatic carbocycles. The summed E-state index contributed by atoms with van der Waals surface area (Å²) in [7, 11) is 1.28. The Balaban J connectivity index is 2.90. The fraction of sp³-hybridized carbons (Fsp3) is 0.167. The summed E-state index contributed by atoms with van der Waals surface area (Å²) in [5.74, 6) is 0. The first kappa shape index (κ1) is 7.94. The third-order valence-corrected chi connectivity index (χ3v) is 1.31. The molecule has 0 amide bonds. The van der Waals surface area contributed by atoms with Gasteiger partial charge in [0.25, 0.3) is 4.92 Å². The van der Waals surface area contributed by atoms with Crippen LogP contribution in [0, 0.1) is 4.91 Å². The minimum atomic E-state index is 0.317. The highest BCUT2D eigenvalue weighted by atomic mass is 35.5. The van der Waals surface area contributed by atoms with Crippen LogP contribution in [0.1, 0.15) is 0 Å². The summed E-state index contributed by atoms with van der Waals surface area (Å²) in [5, 5.41) is 0.346. The molecule has 0 N–H and O–H groups in total. The zero-order valence-electron chi connectivity index (χ0n) is 5.82. The lowest BCUT2D eigenvalue weighted by Crippen LogP contribution is -1.97. The number of pyridine rings is 1. The van der Waals surface area contributed by atoms with E-state index in [0.717, 1.165) is 0 Å². The fourth-order valence-corrected chi connectivity index (χ4v) is 0.693. The van der Waals surface area contributed by atoms with Crippen LogP contribution in [0.4, 0.5) is 5.69 Å². The van der Waals surface area contributed by atoms with Gasteiger partial charge in [-0.3, -0.25) is 0 Å². The summed E-state index contributed by atoms with van der Waals surface area (Å²) in [6, 6.07) is 3.03. The Kier molecular flexibility index (Phi) is 2.38. The lowest BCUT2D eigenvalue weighted by molar-refractivity contribution is -0.736. The predicted octanol–water partition coefficient (Wildman–Crippen LogP) is 1.71. The van der Waals surface area contributed by atoms with Gasteiger partial charge in [-0.1, -0.05) is 11.6 Å². The van der Waals surface area contributed by atoms with Gasteiger partial charge in [-0.2, -0.15) is 0 Å². The van der Waals surface area contributed by atoms with E-state index in [1.54, 1.807) is 0 Å². The van der Waals surface area contributed by atoms with Crippen molar-refractivity contribution in [3.8, 4) is 0 Å². The van der Waals surface area contributed by atoms with Crippen molar-refractivity contribution in [3.05, 3.63) is 28.4 Å². The maximum absolute atomic E-state index is 10.7. The Morgan fingerprint density at radius 1 is 1.64 bits per heavy atom. The molecule has 1 rings (SSSR count). The summed E-state index contributed by atoms with van der Waals surface area (Å²) >= 11 is 5.49. The van der Waals surface area contributed by atoms with Gasteiger partial charge < -0.3 is 0 Å². The van der Waals surface area contributed by atoms with E-state index >= 15 is 0 Å². The first-order valence-electron chi connectivity index (χ1n) is 2.87. The first-order valence-corrected chi connectivity index (χ1v) is 3.25. The predicted molar refractivity (Wildman–Crippen MR) is 39.5 cm³/mol. The Bertz CT molecular complexity index is 260. The van der Waals surface area contributed by atoms with Crippen molar-refractivity contribution in [1.29, 1.82) is 0 Å². The molecule has 0 aliphatic carbocycles. The Hall–Kier alpha value is -1.16. The smallest absolute Gasteiger partial charge is 0.237 e. The zero-order valence-corrected chi connectivity index (χ0v) is 6.58. The SMILES string of the molecule is CO[N+](=O)c1ccc(Cl)nc1. The Morgan fingerprint density at radius 2 is 2.36 bits per heavy atom. The molecule has 0 saturated heterocycles. The average molecular weight is 174 g/mol. The van der Waals surface area contributed by atoms with E-state index < -0.39 is 0 Å². The van der Waals surface area contributed by atoms with Crippen molar-refractivity contribution in [3.63, 3.8) is 0 Å². The normalized spacial score (nSPS) is 9.27. The summed E-state index contributed by atoms with van der Waals surface area (Å²) in [4.78, 5) is 19.1. The van der Waals surface area contributed by atoms with Crippen LogP contribution in [-0.4, -0.2) is 17.0 Å². The minimum Gasteiger partial charge on any atom is -0.237 e. The topological polar surface area (TPSA) is 42.2 Å². The van der Waals surface area contributed by atoms with E-state index in [-0.39, 0.29) is 0 Å². The molecule has 5 heteroatoms. The summed E-state index contributed by atoms with van der Waals surface area (Å²) in [6.45, 7) is 0. The van der Waals surface area contributed by atoms with Crippen LogP contribution >= 0.6 is 11.6 Å². The summed E-state index contributed by atoms with van der Waals surface area (Å²) in [5.41, 5.74) is 0.317. The van der Waals surface area contributed by atoms with E-state index in [1.165, 1.54) is 25.4 Å². The molecule has 1 aromatic heterocycles. The van der Waals surface area contributed by atoms with E-state index in [9.17, 15) is 4.91 Å². The highest BCUT2D eigenvalue weighted by molar-refractivity contribution is 6.29. The van der Waals surface area contributed by atoms with E-state index in [4.69, 9.17) is 11.6 Å². The number of hydrogen-bond donors (Lipinski definition) is 0. The van der Waals surface area contributed by atoms with Crippen LogP contribution in [0.25, 0.3) is 0 Å². The number of hydrogen-bond acceptors (Lipinski definition) is 3. The number of nitrogens with zero attached hydrogens (tertiary/aromatic N) is 2. The van der Waals surface area contributed by atoms with Gasteiger partial charge in [0.15, 0.2) is 7.11 Å². The molecular weight excluding hydrogens is 168 g/mol. The fourth-order valence-electron chi connectivity index (χ4n) is 0.581. The first-order chi connectivity index (χ1) is 5.24. The summed E-state index contributed by atoms with van der Waals surface area (Å²) < 4.78 is 0. The van der Waals surface area contributed by atoms with Crippen molar-refractivity contribution >= 4 is 17.3 Å². The molecule has 0 spiro atoms. The molecule has 0 unspecified atom stereocenters. The second-order valence-electron chi connectivity index (χ2n) is 1.78. The highest BCUT2D eigenvalue weighted by Gasteiger charge is 2.13. The van der Waals surface area contributed by atoms with E-state index in [2.05, 4.69) is 9.82 Å². The largest absolute Gasteiger partial charge is 0.334 e. The van der Waals surface area contributed by atoms with Gasteiger partial charge in [0.1, 0.15) is 11.3 Å². The van der Waals surface area contributed by atoms with Crippen molar-refractivity contribution in [1.82, 2.24) is 4.98 Å². The molecular formula is C6H6ClN2O2+. The van der Waals surface area contributed by atoms with E-state index in [1.807, 2.05) is 0 Å². The van der Waals surface area contributed by atoms with Crippen LogP contribution in [0.5, 0.6) is 0 Å². The lowest BCUT2D eigenvalue weighted by atomic mass is 10.4. The molecule has 0 bridgehead atoms. The van der Waals surface area contributed by atoms with Crippen molar-refractivity contribution in [2.75, 3.05) is 7.11 Å². The second kappa shape index (κ2) is 3.30. The molecule has 11 heavy (non-hydrogen) atoms. The maximum atomic E-state index is 10.7. The zero-order chi connectivity index (χ0) is 8.27. The van der Waals surface area contributed by atoms with Crippen LogP contribution in [0.3, 0.4) is 0 Å². The van der Waals surface area contributed by atoms with Crippen LogP contribution < -0.4 is 0 Å². The van der Waals surface area contributed by atoms with Gasteiger partial charge in [-0.05, 0) is 6.07 Å². The van der Waals surface area contributed by atoms with Gasteiger partial charge in [-0.25, -0.2) is 9.82 Å². The van der Waals surface area contributed by atoms with Gasteiger partial charge in [0.05, 0.1) is 4.91 Å². The molecule has 0 fully saturated rings. The molecule has 1 aromatic rings. The monoisotopic (exact) mass is 173 g/mol. The molecule has 0 aliphatic rings. The summed E-state index contributed by atoms with van der Waals surface area (Å²) in [6.07, 6.45) is 1.33. The molecule has 4 nitrogen and oxygen atoms in total. The average Bonchev–Trinajstić information content (AvgIpc) is 2.05. The van der Waals surface area contributed by atoms with E-state index in [0.29, 0.717) is 15.8 Å². The molecule has 0 radical (unpaired) electrons. The van der Waals surface area contributed by atoms with Crippen LogP contribution in [-0.2, 0) is 4.84 Å². The molecule has 0 atom stereocenters. The second-order valence-corrected chi connectivity index (χ2v) is 2.17. The number of aromatic nitrogens is 1. The third-order valence-electron chi connectivity index (χ3n) is 1.09. The van der Waals surface area contributed by atoms with Crippen LogP contribution in [0.15, 0.2) is 18.3 Å².